The van der Waals surface area contributed by atoms with Gasteiger partial charge in [-0.3, -0.25) is 9.59 Å². The van der Waals surface area contributed by atoms with Crippen LogP contribution in [-0.2, 0) is 16.0 Å². The minimum Gasteiger partial charge on any atom is -0.508 e. The molecule has 0 saturated carbocycles. The summed E-state index contributed by atoms with van der Waals surface area (Å²) in [6.07, 6.45) is 0.332. The fraction of sp³-hybridized carbons (Fsp3) is 0.286. The molecule has 9 nitrogen and oxygen atoms in total. The first kappa shape index (κ1) is 22.5. The predicted molar refractivity (Wildman–Crippen MR) is 107 cm³/mol. The van der Waals surface area contributed by atoms with Crippen molar-refractivity contribution in [2.75, 3.05) is 6.54 Å². The van der Waals surface area contributed by atoms with Gasteiger partial charge in [-0.2, -0.15) is 0 Å². The number of nitrogens with one attached hydrogen (secondary N) is 2. The Hall–Kier alpha value is -3.75. The molecule has 0 aliphatic rings. The lowest BCUT2D eigenvalue weighted by molar-refractivity contribution is -0.139. The maximum absolute atomic E-state index is 12.2. The Balaban J connectivity index is 1.82. The Kier molecular flexibility index (Phi) is 7.62. The number of carboxylic acid groups (broad SMARTS) is 1. The number of aliphatic carboxylic acids is 1. The summed E-state index contributed by atoms with van der Waals surface area (Å²) >= 11 is 0. The molecule has 30 heavy (non-hydrogen) atoms. The van der Waals surface area contributed by atoms with Gasteiger partial charge in [-0.05, 0) is 55.2 Å². The van der Waals surface area contributed by atoms with E-state index >= 15 is 0 Å². The zero-order chi connectivity index (χ0) is 22.3. The molecule has 0 bridgehead atoms. The van der Waals surface area contributed by atoms with E-state index < -0.39 is 29.4 Å². The molecule has 0 fully saturated rings. The third-order valence-corrected chi connectivity index (χ3v) is 4.50. The number of phenolic OH excluding ortho intramolecular Hbond substituents is 3. The van der Waals surface area contributed by atoms with E-state index in [1.165, 1.54) is 6.07 Å². The van der Waals surface area contributed by atoms with Crippen LogP contribution < -0.4 is 10.6 Å². The minimum absolute atomic E-state index is 0.0230. The molecule has 0 radical (unpaired) electrons. The van der Waals surface area contributed by atoms with Gasteiger partial charge in [0.05, 0.1) is 0 Å². The van der Waals surface area contributed by atoms with Gasteiger partial charge in [0.15, 0.2) is 11.5 Å². The number of carboxylic acids is 1. The number of hydrogen-bond acceptors (Lipinski definition) is 6. The van der Waals surface area contributed by atoms with Gasteiger partial charge in [-0.15, -0.1) is 0 Å². The third-order valence-electron chi connectivity index (χ3n) is 4.50. The van der Waals surface area contributed by atoms with E-state index in [2.05, 4.69) is 10.6 Å². The second kappa shape index (κ2) is 10.1. The molecule has 2 aromatic rings. The normalized spacial score (nSPS) is 11.5. The fourth-order valence-electron chi connectivity index (χ4n) is 2.75. The van der Waals surface area contributed by atoms with Crippen molar-refractivity contribution in [3.63, 3.8) is 0 Å². The largest absolute Gasteiger partial charge is 0.508 e. The van der Waals surface area contributed by atoms with E-state index in [1.807, 2.05) is 6.07 Å². The summed E-state index contributed by atoms with van der Waals surface area (Å²) in [5.41, 5.74) is 1.66. The summed E-state index contributed by atoms with van der Waals surface area (Å²) in [5.74, 6) is -3.10. The summed E-state index contributed by atoms with van der Waals surface area (Å²) in [4.78, 5) is 35.6. The van der Waals surface area contributed by atoms with Crippen LogP contribution in [0.4, 0.5) is 0 Å². The number of amides is 2. The average molecular weight is 416 g/mol. The van der Waals surface area contributed by atoms with Gasteiger partial charge in [0.25, 0.3) is 5.91 Å². The standard InChI is InChI=1S/C21H24N2O7/c1-12-10-13(2-5-16(12)24)8-9-22-19(27)7-4-15(21(29)30)23-20(28)14-3-6-17(25)18(26)11-14/h2-3,5-6,10-11,15,24-26H,4,7-9H2,1H3,(H,22,27)(H,23,28)(H,29,30)/t15-/m0/s1. The van der Waals surface area contributed by atoms with Gasteiger partial charge >= 0.3 is 5.97 Å². The Bertz CT molecular complexity index is 943. The minimum atomic E-state index is -1.29. The molecule has 2 amide bonds. The SMILES string of the molecule is Cc1cc(CCNC(=O)CC[C@H](NC(=O)c2ccc(O)c(O)c2)C(=O)O)ccc1O. The number of carbonyl (C=O) groups is 3. The first-order valence-corrected chi connectivity index (χ1v) is 9.28. The number of rotatable bonds is 9. The van der Waals surface area contributed by atoms with Crippen molar-refractivity contribution >= 4 is 17.8 Å². The van der Waals surface area contributed by atoms with Crippen LogP contribution >= 0.6 is 0 Å². The molecule has 2 rings (SSSR count). The molecular formula is C21H24N2O7. The summed E-state index contributed by atoms with van der Waals surface area (Å²) in [6, 6.07) is 7.23. The molecule has 160 valence electrons. The smallest absolute Gasteiger partial charge is 0.326 e. The maximum atomic E-state index is 12.2. The quantitative estimate of drug-likeness (QED) is 0.338. The highest BCUT2D eigenvalue weighted by molar-refractivity contribution is 5.97. The Morgan fingerprint density at radius 2 is 1.67 bits per heavy atom. The highest BCUT2D eigenvalue weighted by Crippen LogP contribution is 2.24. The van der Waals surface area contributed by atoms with Crippen LogP contribution in [0.25, 0.3) is 0 Å². The number of phenols is 3. The zero-order valence-electron chi connectivity index (χ0n) is 16.4. The molecule has 0 aliphatic heterocycles. The molecule has 9 heteroatoms. The van der Waals surface area contributed by atoms with Crippen molar-refractivity contribution in [3.05, 3.63) is 53.1 Å². The Labute approximate surface area is 173 Å². The van der Waals surface area contributed by atoms with Crippen molar-refractivity contribution in [2.45, 2.75) is 32.2 Å². The summed E-state index contributed by atoms with van der Waals surface area (Å²) in [6.45, 7) is 2.12. The van der Waals surface area contributed by atoms with Crippen LogP contribution in [0.1, 0.15) is 34.3 Å². The van der Waals surface area contributed by atoms with E-state index in [0.717, 1.165) is 23.3 Å². The maximum Gasteiger partial charge on any atom is 0.326 e. The first-order chi connectivity index (χ1) is 14.2. The third kappa shape index (κ3) is 6.40. The number of aromatic hydroxyl groups is 3. The van der Waals surface area contributed by atoms with Gasteiger partial charge in [-0.25, -0.2) is 4.79 Å². The highest BCUT2D eigenvalue weighted by Gasteiger charge is 2.22. The lowest BCUT2D eigenvalue weighted by Gasteiger charge is -2.15. The van der Waals surface area contributed by atoms with Crippen LogP contribution in [0, 0.1) is 6.92 Å². The second-order valence-electron chi connectivity index (χ2n) is 6.83. The first-order valence-electron chi connectivity index (χ1n) is 9.28. The van der Waals surface area contributed by atoms with Crippen LogP contribution in [-0.4, -0.2) is 50.8 Å². The summed E-state index contributed by atoms with van der Waals surface area (Å²) in [7, 11) is 0. The molecule has 0 aromatic heterocycles. The molecule has 0 heterocycles. The van der Waals surface area contributed by atoms with Crippen LogP contribution in [0.2, 0.25) is 0 Å². The van der Waals surface area contributed by atoms with Crippen molar-refractivity contribution in [1.29, 1.82) is 0 Å². The Morgan fingerprint density at radius 3 is 2.30 bits per heavy atom. The van der Waals surface area contributed by atoms with Gasteiger partial charge < -0.3 is 31.1 Å². The molecule has 0 spiro atoms. The van der Waals surface area contributed by atoms with Crippen LogP contribution in [0.3, 0.4) is 0 Å². The predicted octanol–water partition coefficient (Wildman–Crippen LogP) is 1.43. The van der Waals surface area contributed by atoms with Gasteiger partial charge in [0.2, 0.25) is 5.91 Å². The lowest BCUT2D eigenvalue weighted by Crippen LogP contribution is -2.41. The van der Waals surface area contributed by atoms with Crippen LogP contribution in [0.5, 0.6) is 17.2 Å². The van der Waals surface area contributed by atoms with Crippen molar-refractivity contribution < 1.29 is 34.8 Å². The van der Waals surface area contributed by atoms with E-state index in [-0.39, 0.29) is 30.1 Å². The van der Waals surface area contributed by atoms with E-state index in [9.17, 15) is 34.8 Å². The molecule has 0 unspecified atom stereocenters. The number of aryl methyl sites for hydroxylation is 1. The van der Waals surface area contributed by atoms with E-state index in [4.69, 9.17) is 0 Å². The van der Waals surface area contributed by atoms with Gasteiger partial charge in [0, 0.05) is 18.5 Å². The topological polar surface area (TPSA) is 156 Å². The Morgan fingerprint density at radius 1 is 0.967 bits per heavy atom. The van der Waals surface area contributed by atoms with Crippen molar-refractivity contribution in [3.8, 4) is 17.2 Å². The highest BCUT2D eigenvalue weighted by atomic mass is 16.4. The average Bonchev–Trinajstić information content (AvgIpc) is 2.69. The number of benzene rings is 2. The molecule has 6 N–H and O–H groups in total. The summed E-state index contributed by atoms with van der Waals surface area (Å²) in [5, 5.41) is 42.5. The van der Waals surface area contributed by atoms with Crippen molar-refractivity contribution in [2.24, 2.45) is 0 Å². The van der Waals surface area contributed by atoms with Crippen molar-refractivity contribution in [1.82, 2.24) is 10.6 Å². The zero-order valence-corrected chi connectivity index (χ0v) is 16.4. The van der Waals surface area contributed by atoms with Crippen LogP contribution in [0.15, 0.2) is 36.4 Å². The van der Waals surface area contributed by atoms with E-state index in [0.29, 0.717) is 13.0 Å². The molecule has 1 atom stereocenters. The monoisotopic (exact) mass is 416 g/mol. The summed E-state index contributed by atoms with van der Waals surface area (Å²) < 4.78 is 0. The van der Waals surface area contributed by atoms with Gasteiger partial charge in [-0.1, -0.05) is 12.1 Å². The molecular weight excluding hydrogens is 392 g/mol. The molecule has 0 saturated heterocycles. The van der Waals surface area contributed by atoms with Gasteiger partial charge in [0.1, 0.15) is 11.8 Å². The molecule has 0 aliphatic carbocycles. The second-order valence-corrected chi connectivity index (χ2v) is 6.83. The lowest BCUT2D eigenvalue weighted by atomic mass is 10.1. The number of carbonyl (C=O) groups excluding carboxylic acids is 2. The van der Waals surface area contributed by atoms with E-state index in [1.54, 1.807) is 19.1 Å². The number of hydrogen-bond donors (Lipinski definition) is 6. The fourth-order valence-corrected chi connectivity index (χ4v) is 2.75. The molecule has 2 aromatic carbocycles.